The number of hydroxylamine groups is 1. The van der Waals surface area contributed by atoms with E-state index in [-0.39, 0.29) is 6.04 Å². The summed E-state index contributed by atoms with van der Waals surface area (Å²) in [5.74, 6) is 1.11. The van der Waals surface area contributed by atoms with Gasteiger partial charge in [-0.2, -0.15) is 0 Å². The first-order chi connectivity index (χ1) is 14.2. The molecule has 2 aromatic heterocycles. The summed E-state index contributed by atoms with van der Waals surface area (Å²) in [7, 11) is 1.61. The standard InChI is InChI=1S/C22H23N5O2/c1-14-11-27(13-23-14)20-9-8-18(25-22(20)28-2)21-24-19(12-29-26-21)17-7-6-15-4-3-5-16(15)10-17/h6-11,13,19H,3-5,12H2,1-2H3,(H,24,26). The minimum absolute atomic E-state index is 0.0547. The molecular formula is C22H23N5O2. The summed E-state index contributed by atoms with van der Waals surface area (Å²) < 4.78 is 7.41. The number of nitrogens with one attached hydrogen (secondary N) is 1. The van der Waals surface area contributed by atoms with Crippen LogP contribution in [-0.4, -0.2) is 34.1 Å². The molecule has 1 unspecified atom stereocenters. The lowest BCUT2D eigenvalue weighted by molar-refractivity contribution is 0.0620. The second-order valence-corrected chi connectivity index (χ2v) is 7.44. The van der Waals surface area contributed by atoms with E-state index in [2.05, 4.69) is 33.6 Å². The van der Waals surface area contributed by atoms with Crippen LogP contribution in [0, 0.1) is 6.92 Å². The van der Waals surface area contributed by atoms with E-state index in [4.69, 9.17) is 14.6 Å². The lowest BCUT2D eigenvalue weighted by atomic mass is 10.0. The summed E-state index contributed by atoms with van der Waals surface area (Å²) in [6.07, 6.45) is 7.25. The molecule has 0 saturated heterocycles. The normalized spacial score (nSPS) is 18.1. The maximum Gasteiger partial charge on any atom is 0.238 e. The summed E-state index contributed by atoms with van der Waals surface area (Å²) in [4.78, 5) is 19.4. The van der Waals surface area contributed by atoms with Gasteiger partial charge in [0, 0.05) is 6.20 Å². The Bertz CT molecular complexity index is 1090. The number of methoxy groups -OCH3 is 1. The fourth-order valence-electron chi connectivity index (χ4n) is 3.96. The number of benzene rings is 1. The summed E-state index contributed by atoms with van der Waals surface area (Å²) >= 11 is 0. The van der Waals surface area contributed by atoms with Crippen LogP contribution in [0.2, 0.25) is 0 Å². The maximum atomic E-state index is 5.64. The van der Waals surface area contributed by atoms with E-state index in [0.717, 1.165) is 17.8 Å². The average molecular weight is 389 g/mol. The Morgan fingerprint density at radius 2 is 2.07 bits per heavy atom. The molecule has 148 valence electrons. The van der Waals surface area contributed by atoms with E-state index in [9.17, 15) is 0 Å². The fraction of sp³-hybridized carbons (Fsp3) is 0.318. The Balaban J connectivity index is 1.46. The van der Waals surface area contributed by atoms with Crippen LogP contribution in [0.15, 0.2) is 47.8 Å². The van der Waals surface area contributed by atoms with Crippen molar-refractivity contribution in [3.8, 4) is 11.6 Å². The number of pyridine rings is 1. The lowest BCUT2D eigenvalue weighted by Gasteiger charge is -2.22. The molecule has 7 heteroatoms. The van der Waals surface area contributed by atoms with E-state index in [1.165, 1.54) is 29.5 Å². The fourth-order valence-corrected chi connectivity index (χ4v) is 3.96. The van der Waals surface area contributed by atoms with Crippen LogP contribution in [0.25, 0.3) is 5.69 Å². The van der Waals surface area contributed by atoms with Crippen LogP contribution in [0.5, 0.6) is 5.88 Å². The molecule has 0 radical (unpaired) electrons. The van der Waals surface area contributed by atoms with E-state index >= 15 is 0 Å². The van der Waals surface area contributed by atoms with Crippen molar-refractivity contribution in [3.05, 3.63) is 70.9 Å². The van der Waals surface area contributed by atoms with E-state index < -0.39 is 0 Å². The van der Waals surface area contributed by atoms with Crippen molar-refractivity contribution in [1.82, 2.24) is 20.0 Å². The minimum Gasteiger partial charge on any atom is -0.479 e. The molecule has 1 N–H and O–H groups in total. The molecule has 0 saturated carbocycles. The molecule has 0 spiro atoms. The van der Waals surface area contributed by atoms with Crippen LogP contribution in [0.1, 0.15) is 40.5 Å². The second-order valence-electron chi connectivity index (χ2n) is 7.44. The largest absolute Gasteiger partial charge is 0.479 e. The highest BCUT2D eigenvalue weighted by Crippen LogP contribution is 2.29. The predicted octanol–water partition coefficient (Wildman–Crippen LogP) is 3.10. The van der Waals surface area contributed by atoms with Crippen LogP contribution < -0.4 is 10.2 Å². The van der Waals surface area contributed by atoms with Gasteiger partial charge in [0.25, 0.3) is 0 Å². The molecule has 1 aromatic carbocycles. The zero-order valence-corrected chi connectivity index (χ0v) is 16.6. The number of hydrogen-bond acceptors (Lipinski definition) is 6. The molecule has 7 nitrogen and oxygen atoms in total. The average Bonchev–Trinajstić information content (AvgIpc) is 3.41. The molecule has 2 aliphatic rings. The predicted molar refractivity (Wildman–Crippen MR) is 109 cm³/mol. The molecule has 3 heterocycles. The Morgan fingerprint density at radius 3 is 2.90 bits per heavy atom. The number of nitrogens with zero attached hydrogens (tertiary/aromatic N) is 4. The van der Waals surface area contributed by atoms with E-state index in [0.29, 0.717) is 24.0 Å². The number of aromatic nitrogens is 3. The monoisotopic (exact) mass is 389 g/mol. The van der Waals surface area contributed by atoms with Crippen molar-refractivity contribution >= 4 is 5.84 Å². The van der Waals surface area contributed by atoms with Gasteiger partial charge in [0.2, 0.25) is 5.88 Å². The summed E-state index contributed by atoms with van der Waals surface area (Å²) in [6.45, 7) is 2.44. The van der Waals surface area contributed by atoms with Gasteiger partial charge in [0.15, 0.2) is 5.84 Å². The first-order valence-electron chi connectivity index (χ1n) is 9.85. The van der Waals surface area contributed by atoms with Gasteiger partial charge in [0.05, 0.1) is 19.1 Å². The number of fused-ring (bicyclic) bond motifs is 1. The van der Waals surface area contributed by atoms with E-state index in [1.807, 2.05) is 29.8 Å². The number of ether oxygens (including phenoxy) is 1. The Morgan fingerprint density at radius 1 is 1.17 bits per heavy atom. The topological polar surface area (TPSA) is 73.6 Å². The third kappa shape index (κ3) is 3.38. The maximum absolute atomic E-state index is 5.64. The van der Waals surface area contributed by atoms with Crippen LogP contribution in [0.4, 0.5) is 0 Å². The molecule has 0 amide bonds. The molecular weight excluding hydrogens is 366 g/mol. The highest BCUT2D eigenvalue weighted by Gasteiger charge is 2.22. The summed E-state index contributed by atoms with van der Waals surface area (Å²) in [6, 6.07) is 10.5. The van der Waals surface area contributed by atoms with Crippen molar-refractivity contribution < 1.29 is 9.57 Å². The molecule has 5 rings (SSSR count). The molecule has 29 heavy (non-hydrogen) atoms. The van der Waals surface area contributed by atoms with Gasteiger partial charge in [0.1, 0.15) is 24.0 Å². The van der Waals surface area contributed by atoms with Gasteiger partial charge in [-0.25, -0.2) is 15.4 Å². The second kappa shape index (κ2) is 7.33. The van der Waals surface area contributed by atoms with Gasteiger partial charge in [-0.15, -0.1) is 0 Å². The molecule has 0 fully saturated rings. The highest BCUT2D eigenvalue weighted by molar-refractivity contribution is 5.97. The number of imidazole rings is 1. The Hall–Kier alpha value is -3.19. The van der Waals surface area contributed by atoms with Crippen molar-refractivity contribution in [1.29, 1.82) is 0 Å². The van der Waals surface area contributed by atoms with Gasteiger partial charge < -0.3 is 9.30 Å². The minimum atomic E-state index is -0.0547. The van der Waals surface area contributed by atoms with Crippen molar-refractivity contribution in [3.63, 3.8) is 0 Å². The number of amidine groups is 1. The van der Waals surface area contributed by atoms with E-state index in [1.54, 1.807) is 13.4 Å². The van der Waals surface area contributed by atoms with Crippen LogP contribution in [0.3, 0.4) is 0 Å². The Kier molecular flexibility index (Phi) is 4.52. The zero-order chi connectivity index (χ0) is 19.8. The molecule has 1 atom stereocenters. The number of aryl methyl sites for hydroxylation is 3. The van der Waals surface area contributed by atoms with Gasteiger partial charge in [-0.1, -0.05) is 18.2 Å². The number of hydrogen-bond donors (Lipinski definition) is 1. The number of rotatable bonds is 4. The lowest BCUT2D eigenvalue weighted by Crippen LogP contribution is -2.33. The quantitative estimate of drug-likeness (QED) is 0.742. The summed E-state index contributed by atoms with van der Waals surface area (Å²) in [5.41, 5.74) is 9.43. The molecule has 1 aliphatic carbocycles. The first kappa shape index (κ1) is 17.9. The zero-order valence-electron chi connectivity index (χ0n) is 16.6. The summed E-state index contributed by atoms with van der Waals surface area (Å²) in [5, 5.41) is 0. The molecule has 0 bridgehead atoms. The third-order valence-electron chi connectivity index (χ3n) is 5.47. The van der Waals surface area contributed by atoms with Gasteiger partial charge in [-0.3, -0.25) is 9.83 Å². The highest BCUT2D eigenvalue weighted by atomic mass is 16.6. The third-order valence-corrected chi connectivity index (χ3v) is 5.47. The molecule has 1 aliphatic heterocycles. The molecule has 3 aromatic rings. The van der Waals surface area contributed by atoms with Gasteiger partial charge >= 0.3 is 0 Å². The number of aliphatic imine (C=N–C) groups is 1. The Labute approximate surface area is 169 Å². The van der Waals surface area contributed by atoms with Crippen molar-refractivity contribution in [2.45, 2.75) is 32.2 Å². The van der Waals surface area contributed by atoms with Crippen molar-refractivity contribution in [2.75, 3.05) is 13.7 Å². The first-order valence-corrected chi connectivity index (χ1v) is 9.85. The smallest absolute Gasteiger partial charge is 0.238 e. The van der Waals surface area contributed by atoms with Crippen LogP contribution in [-0.2, 0) is 17.7 Å². The van der Waals surface area contributed by atoms with Gasteiger partial charge in [-0.05, 0) is 55.0 Å². The van der Waals surface area contributed by atoms with Crippen molar-refractivity contribution in [2.24, 2.45) is 4.99 Å². The SMILES string of the molecule is COc1nc(C2=NC(c3ccc4c(c3)CCC4)CON2)ccc1-n1cnc(C)c1. The van der Waals surface area contributed by atoms with Crippen LogP contribution >= 0.6 is 0 Å².